The summed E-state index contributed by atoms with van der Waals surface area (Å²) in [6.07, 6.45) is 0. The maximum absolute atomic E-state index is 13.4. The number of rotatable bonds is 5. The summed E-state index contributed by atoms with van der Waals surface area (Å²) >= 11 is 0. The first-order valence-electron chi connectivity index (χ1n) is 8.80. The van der Waals surface area contributed by atoms with E-state index < -0.39 is 0 Å². The summed E-state index contributed by atoms with van der Waals surface area (Å²) in [7, 11) is 1.58. The number of para-hydroxylation sites is 2. The van der Waals surface area contributed by atoms with Crippen LogP contribution in [0.15, 0.2) is 66.7 Å². The highest BCUT2D eigenvalue weighted by Crippen LogP contribution is 2.30. The number of ether oxygens (including phenoxy) is 1. The Morgan fingerprint density at radius 2 is 1.63 bits per heavy atom. The van der Waals surface area contributed by atoms with Gasteiger partial charge in [0.1, 0.15) is 11.5 Å². The molecule has 138 valence electrons. The van der Waals surface area contributed by atoms with E-state index in [1.165, 1.54) is 0 Å². The number of methoxy groups -OCH3 is 1. The lowest BCUT2D eigenvalue weighted by molar-refractivity contribution is 0.0984. The summed E-state index contributed by atoms with van der Waals surface area (Å²) in [5.74, 6) is 0.659. The summed E-state index contributed by atoms with van der Waals surface area (Å²) in [6.45, 7) is 4.24. The Labute approximate surface area is 159 Å². The van der Waals surface area contributed by atoms with Gasteiger partial charge in [-0.3, -0.25) is 4.79 Å². The standard InChI is InChI=1S/C23H23NO3/c1-16-8-6-9-17(2)22(16)24(15-19-10-4-5-13-21(19)25)23(26)18-11-7-12-20(14-18)27-3/h4-14,25H,15H2,1-3H3. The van der Waals surface area contributed by atoms with Crippen LogP contribution in [0.1, 0.15) is 27.0 Å². The third kappa shape index (κ3) is 3.95. The van der Waals surface area contributed by atoms with Crippen molar-refractivity contribution in [3.05, 3.63) is 89.0 Å². The van der Waals surface area contributed by atoms with Gasteiger partial charge in [0.2, 0.25) is 0 Å². The molecule has 0 bridgehead atoms. The molecule has 0 aliphatic heterocycles. The van der Waals surface area contributed by atoms with Gasteiger partial charge in [-0.05, 0) is 49.2 Å². The van der Waals surface area contributed by atoms with Gasteiger partial charge in [0.25, 0.3) is 5.91 Å². The molecule has 0 fully saturated rings. The van der Waals surface area contributed by atoms with Gasteiger partial charge in [-0.15, -0.1) is 0 Å². The number of anilines is 1. The minimum absolute atomic E-state index is 0.144. The van der Waals surface area contributed by atoms with Crippen molar-refractivity contribution in [2.24, 2.45) is 0 Å². The van der Waals surface area contributed by atoms with Crippen LogP contribution in [-0.2, 0) is 6.54 Å². The van der Waals surface area contributed by atoms with Crippen molar-refractivity contribution in [1.82, 2.24) is 0 Å². The number of carbonyl (C=O) groups is 1. The minimum Gasteiger partial charge on any atom is -0.508 e. The number of carbonyl (C=O) groups excluding carboxylic acids is 1. The number of benzene rings is 3. The molecule has 0 aliphatic carbocycles. The van der Waals surface area contributed by atoms with Gasteiger partial charge in [-0.25, -0.2) is 0 Å². The molecule has 0 heterocycles. The monoisotopic (exact) mass is 361 g/mol. The summed E-state index contributed by atoms with van der Waals surface area (Å²) in [4.78, 5) is 15.1. The zero-order valence-corrected chi connectivity index (χ0v) is 15.8. The smallest absolute Gasteiger partial charge is 0.258 e. The fourth-order valence-corrected chi connectivity index (χ4v) is 3.21. The zero-order chi connectivity index (χ0) is 19.4. The van der Waals surface area contributed by atoms with Gasteiger partial charge < -0.3 is 14.7 Å². The second-order valence-electron chi connectivity index (χ2n) is 6.49. The summed E-state index contributed by atoms with van der Waals surface area (Å²) in [5, 5.41) is 10.2. The molecule has 1 N–H and O–H groups in total. The molecule has 0 saturated heterocycles. The van der Waals surface area contributed by atoms with Crippen molar-refractivity contribution in [1.29, 1.82) is 0 Å². The van der Waals surface area contributed by atoms with Crippen molar-refractivity contribution in [3.63, 3.8) is 0 Å². The SMILES string of the molecule is COc1cccc(C(=O)N(Cc2ccccc2O)c2c(C)cccc2C)c1. The number of hydrogen-bond donors (Lipinski definition) is 1. The molecule has 0 atom stereocenters. The number of aromatic hydroxyl groups is 1. The van der Waals surface area contributed by atoms with Gasteiger partial charge >= 0.3 is 0 Å². The maximum atomic E-state index is 13.4. The normalized spacial score (nSPS) is 10.5. The molecule has 0 spiro atoms. The van der Waals surface area contributed by atoms with Crippen LogP contribution in [0.2, 0.25) is 0 Å². The summed E-state index contributed by atoms with van der Waals surface area (Å²) in [6, 6.07) is 20.1. The number of phenolic OH excluding ortho intramolecular Hbond substituents is 1. The lowest BCUT2D eigenvalue weighted by atomic mass is 10.0. The first kappa shape index (κ1) is 18.5. The number of aryl methyl sites for hydroxylation is 2. The van der Waals surface area contributed by atoms with Crippen LogP contribution in [0.5, 0.6) is 11.5 Å². The van der Waals surface area contributed by atoms with Gasteiger partial charge in [0.05, 0.1) is 19.3 Å². The van der Waals surface area contributed by atoms with Crippen LogP contribution in [0, 0.1) is 13.8 Å². The molecule has 0 saturated carbocycles. The molecule has 3 rings (SSSR count). The molecular formula is C23H23NO3. The quantitative estimate of drug-likeness (QED) is 0.706. The largest absolute Gasteiger partial charge is 0.508 e. The molecule has 4 nitrogen and oxygen atoms in total. The van der Waals surface area contributed by atoms with E-state index in [2.05, 4.69) is 0 Å². The molecule has 0 radical (unpaired) electrons. The highest BCUT2D eigenvalue weighted by atomic mass is 16.5. The Hall–Kier alpha value is -3.27. The van der Waals surface area contributed by atoms with Crippen molar-refractivity contribution >= 4 is 11.6 Å². The second-order valence-corrected chi connectivity index (χ2v) is 6.49. The molecule has 0 aromatic heterocycles. The topological polar surface area (TPSA) is 49.8 Å². The summed E-state index contributed by atoms with van der Waals surface area (Å²) < 4.78 is 5.26. The lowest BCUT2D eigenvalue weighted by Gasteiger charge is -2.27. The van der Waals surface area contributed by atoms with E-state index in [9.17, 15) is 9.90 Å². The molecule has 3 aromatic carbocycles. The van der Waals surface area contributed by atoms with E-state index >= 15 is 0 Å². The van der Waals surface area contributed by atoms with Crippen LogP contribution >= 0.6 is 0 Å². The fraction of sp³-hybridized carbons (Fsp3) is 0.174. The molecule has 3 aromatic rings. The first-order chi connectivity index (χ1) is 13.0. The summed E-state index contributed by atoms with van der Waals surface area (Å²) in [5.41, 5.74) is 4.08. The van der Waals surface area contributed by atoms with Crippen LogP contribution in [0.4, 0.5) is 5.69 Å². The van der Waals surface area contributed by atoms with Crippen LogP contribution in [0.3, 0.4) is 0 Å². The highest BCUT2D eigenvalue weighted by molar-refractivity contribution is 6.07. The number of amides is 1. The van der Waals surface area contributed by atoms with Gasteiger partial charge in [0.15, 0.2) is 0 Å². The number of phenols is 1. The molecular weight excluding hydrogens is 338 g/mol. The Morgan fingerprint density at radius 1 is 0.963 bits per heavy atom. The molecule has 4 heteroatoms. The van der Waals surface area contributed by atoms with E-state index in [1.807, 2.05) is 50.2 Å². The Balaban J connectivity index is 2.09. The second kappa shape index (κ2) is 7.96. The Bertz CT molecular complexity index is 945. The van der Waals surface area contributed by atoms with Crippen LogP contribution in [0.25, 0.3) is 0 Å². The van der Waals surface area contributed by atoms with E-state index in [-0.39, 0.29) is 18.2 Å². The van der Waals surface area contributed by atoms with Crippen molar-refractivity contribution < 1.29 is 14.6 Å². The van der Waals surface area contributed by atoms with E-state index in [0.717, 1.165) is 16.8 Å². The first-order valence-corrected chi connectivity index (χ1v) is 8.80. The highest BCUT2D eigenvalue weighted by Gasteiger charge is 2.22. The van der Waals surface area contributed by atoms with Crippen molar-refractivity contribution in [2.75, 3.05) is 12.0 Å². The molecule has 0 unspecified atom stereocenters. The van der Waals surface area contributed by atoms with E-state index in [4.69, 9.17) is 4.74 Å². The minimum atomic E-state index is -0.144. The predicted molar refractivity (Wildman–Crippen MR) is 108 cm³/mol. The van der Waals surface area contributed by atoms with Crippen LogP contribution in [-0.4, -0.2) is 18.1 Å². The van der Waals surface area contributed by atoms with Gasteiger partial charge in [0, 0.05) is 11.1 Å². The van der Waals surface area contributed by atoms with E-state index in [0.29, 0.717) is 16.9 Å². The fourth-order valence-electron chi connectivity index (χ4n) is 3.21. The molecule has 27 heavy (non-hydrogen) atoms. The third-order valence-electron chi connectivity index (χ3n) is 4.59. The third-order valence-corrected chi connectivity index (χ3v) is 4.59. The van der Waals surface area contributed by atoms with Gasteiger partial charge in [-0.1, -0.05) is 42.5 Å². The number of hydrogen-bond acceptors (Lipinski definition) is 3. The lowest BCUT2D eigenvalue weighted by Crippen LogP contribution is -2.31. The van der Waals surface area contributed by atoms with E-state index in [1.54, 1.807) is 42.3 Å². The Kier molecular flexibility index (Phi) is 5.46. The zero-order valence-electron chi connectivity index (χ0n) is 15.8. The maximum Gasteiger partial charge on any atom is 0.258 e. The molecule has 1 amide bonds. The average Bonchev–Trinajstić information content (AvgIpc) is 2.68. The van der Waals surface area contributed by atoms with Crippen molar-refractivity contribution in [2.45, 2.75) is 20.4 Å². The number of nitrogens with zero attached hydrogens (tertiary/aromatic N) is 1. The predicted octanol–water partition coefficient (Wildman–Crippen LogP) is 4.86. The van der Waals surface area contributed by atoms with Crippen LogP contribution < -0.4 is 9.64 Å². The van der Waals surface area contributed by atoms with Crippen molar-refractivity contribution in [3.8, 4) is 11.5 Å². The van der Waals surface area contributed by atoms with Gasteiger partial charge in [-0.2, -0.15) is 0 Å². The molecule has 0 aliphatic rings. The average molecular weight is 361 g/mol. The Morgan fingerprint density at radius 3 is 2.30 bits per heavy atom.